The molecule has 0 aliphatic heterocycles. The second-order valence-electron chi connectivity index (χ2n) is 6.66. The van der Waals surface area contributed by atoms with Gasteiger partial charge in [0.15, 0.2) is 5.41 Å². The zero-order valence-corrected chi connectivity index (χ0v) is 15.5. The summed E-state index contributed by atoms with van der Waals surface area (Å²) in [6, 6.07) is 0. The largest absolute Gasteiger partial charge is 0.465 e. The third-order valence-electron chi connectivity index (χ3n) is 4.53. The Morgan fingerprint density at radius 2 is 1.42 bits per heavy atom. The fourth-order valence-corrected chi connectivity index (χ4v) is 2.94. The average Bonchev–Trinajstić information content (AvgIpc) is 2.61. The molecule has 4 nitrogen and oxygen atoms in total. The van der Waals surface area contributed by atoms with Crippen LogP contribution in [0.25, 0.3) is 0 Å². The predicted octanol–water partition coefficient (Wildman–Crippen LogP) is 4.96. The van der Waals surface area contributed by atoms with Gasteiger partial charge in [0.2, 0.25) is 0 Å². The van der Waals surface area contributed by atoms with Gasteiger partial charge in [-0.25, -0.2) is 0 Å². The lowest BCUT2D eigenvalue weighted by Gasteiger charge is -2.28. The van der Waals surface area contributed by atoms with Crippen LogP contribution in [0.15, 0.2) is 12.2 Å². The second kappa shape index (κ2) is 12.1. The molecule has 0 aromatic heterocycles. The van der Waals surface area contributed by atoms with Crippen LogP contribution in [0.4, 0.5) is 0 Å². The SMILES string of the molecule is CCCCCCOC(=O)C1(C(=O)OCCCCCC)C=CCCC1. The number of hydrogen-bond donors (Lipinski definition) is 0. The summed E-state index contributed by atoms with van der Waals surface area (Å²) in [5.41, 5.74) is -1.21. The highest BCUT2D eigenvalue weighted by atomic mass is 16.6. The number of hydrogen-bond acceptors (Lipinski definition) is 4. The highest BCUT2D eigenvalue weighted by Crippen LogP contribution is 2.34. The zero-order chi connectivity index (χ0) is 17.7. The van der Waals surface area contributed by atoms with Gasteiger partial charge in [0.05, 0.1) is 13.2 Å². The van der Waals surface area contributed by atoms with E-state index in [2.05, 4.69) is 13.8 Å². The lowest BCUT2D eigenvalue weighted by molar-refractivity contribution is -0.169. The molecule has 24 heavy (non-hydrogen) atoms. The van der Waals surface area contributed by atoms with E-state index in [4.69, 9.17) is 9.47 Å². The summed E-state index contributed by atoms with van der Waals surface area (Å²) in [5, 5.41) is 0. The van der Waals surface area contributed by atoms with Crippen molar-refractivity contribution < 1.29 is 19.1 Å². The maximum absolute atomic E-state index is 12.6. The molecule has 0 spiro atoms. The minimum atomic E-state index is -1.21. The van der Waals surface area contributed by atoms with Crippen molar-refractivity contribution in [3.05, 3.63) is 12.2 Å². The van der Waals surface area contributed by atoms with Gasteiger partial charge < -0.3 is 9.47 Å². The lowest BCUT2D eigenvalue weighted by atomic mass is 9.79. The van der Waals surface area contributed by atoms with E-state index in [1.54, 1.807) is 6.08 Å². The molecule has 1 rings (SSSR count). The molecule has 1 aliphatic carbocycles. The molecule has 0 aromatic rings. The third kappa shape index (κ3) is 6.66. The first-order chi connectivity index (χ1) is 11.7. The minimum absolute atomic E-state index is 0.387. The Kier molecular flexibility index (Phi) is 10.4. The molecule has 0 atom stereocenters. The molecule has 4 heteroatoms. The van der Waals surface area contributed by atoms with Crippen LogP contribution in [0.1, 0.15) is 84.5 Å². The van der Waals surface area contributed by atoms with Gasteiger partial charge in [-0.1, -0.05) is 64.5 Å². The Bertz CT molecular complexity index is 374. The van der Waals surface area contributed by atoms with Crippen LogP contribution in [-0.2, 0) is 19.1 Å². The highest BCUT2D eigenvalue weighted by Gasteiger charge is 2.47. The van der Waals surface area contributed by atoms with Crippen LogP contribution in [0.3, 0.4) is 0 Å². The Morgan fingerprint density at radius 3 is 1.83 bits per heavy atom. The first-order valence-electron chi connectivity index (χ1n) is 9.69. The van der Waals surface area contributed by atoms with Crippen LogP contribution in [0.2, 0.25) is 0 Å². The van der Waals surface area contributed by atoms with E-state index in [0.29, 0.717) is 19.6 Å². The normalized spacial score (nSPS) is 15.9. The summed E-state index contributed by atoms with van der Waals surface area (Å²) >= 11 is 0. The van der Waals surface area contributed by atoms with Gasteiger partial charge in [-0.3, -0.25) is 9.59 Å². The number of ether oxygens (including phenoxy) is 2. The van der Waals surface area contributed by atoms with E-state index in [1.165, 1.54) is 0 Å². The maximum Gasteiger partial charge on any atom is 0.327 e. The number of rotatable bonds is 12. The Morgan fingerprint density at radius 1 is 0.875 bits per heavy atom. The number of carbonyl (C=O) groups is 2. The zero-order valence-electron chi connectivity index (χ0n) is 15.5. The minimum Gasteiger partial charge on any atom is -0.465 e. The van der Waals surface area contributed by atoms with E-state index < -0.39 is 17.4 Å². The molecule has 138 valence electrons. The van der Waals surface area contributed by atoms with Crippen LogP contribution in [0.5, 0.6) is 0 Å². The van der Waals surface area contributed by atoms with Gasteiger partial charge in [0.25, 0.3) is 0 Å². The van der Waals surface area contributed by atoms with Crippen molar-refractivity contribution >= 4 is 11.9 Å². The molecular formula is C20H34O4. The fraction of sp³-hybridized carbons (Fsp3) is 0.800. The van der Waals surface area contributed by atoms with Crippen LogP contribution >= 0.6 is 0 Å². The number of allylic oxidation sites excluding steroid dienone is 1. The smallest absolute Gasteiger partial charge is 0.327 e. The summed E-state index contributed by atoms with van der Waals surface area (Å²) in [7, 11) is 0. The van der Waals surface area contributed by atoms with Crippen molar-refractivity contribution in [2.45, 2.75) is 84.5 Å². The van der Waals surface area contributed by atoms with Crippen molar-refractivity contribution in [2.75, 3.05) is 13.2 Å². The molecule has 0 bridgehead atoms. The molecule has 0 heterocycles. The molecule has 0 fully saturated rings. The van der Waals surface area contributed by atoms with Crippen LogP contribution in [-0.4, -0.2) is 25.2 Å². The third-order valence-corrected chi connectivity index (χ3v) is 4.53. The Balaban J connectivity index is 2.52. The summed E-state index contributed by atoms with van der Waals surface area (Å²) in [6.45, 7) is 5.06. The quantitative estimate of drug-likeness (QED) is 0.218. The summed E-state index contributed by atoms with van der Waals surface area (Å²) in [6.07, 6.45) is 14.2. The van der Waals surface area contributed by atoms with Crippen LogP contribution in [0, 0.1) is 5.41 Å². The average molecular weight is 338 g/mol. The van der Waals surface area contributed by atoms with E-state index in [0.717, 1.165) is 64.2 Å². The predicted molar refractivity (Wildman–Crippen MR) is 95.6 cm³/mol. The molecule has 1 aliphatic rings. The lowest BCUT2D eigenvalue weighted by Crippen LogP contribution is -2.41. The van der Waals surface area contributed by atoms with E-state index in [-0.39, 0.29) is 0 Å². The first kappa shape index (κ1) is 20.7. The Hall–Kier alpha value is -1.32. The van der Waals surface area contributed by atoms with E-state index in [9.17, 15) is 9.59 Å². The van der Waals surface area contributed by atoms with Crippen LogP contribution < -0.4 is 0 Å². The maximum atomic E-state index is 12.6. The fourth-order valence-electron chi connectivity index (χ4n) is 2.94. The van der Waals surface area contributed by atoms with Gasteiger partial charge in [-0.2, -0.15) is 0 Å². The van der Waals surface area contributed by atoms with Gasteiger partial charge in [0, 0.05) is 0 Å². The van der Waals surface area contributed by atoms with E-state index >= 15 is 0 Å². The van der Waals surface area contributed by atoms with Gasteiger partial charge in [-0.15, -0.1) is 0 Å². The van der Waals surface area contributed by atoms with Crippen molar-refractivity contribution in [2.24, 2.45) is 5.41 Å². The standard InChI is InChI=1S/C20H34O4/c1-3-5-7-12-16-23-18(21)20(14-10-9-11-15-20)19(22)24-17-13-8-6-4-2/h10,14H,3-9,11-13,15-17H2,1-2H3. The topological polar surface area (TPSA) is 52.6 Å². The van der Waals surface area contributed by atoms with Gasteiger partial charge in [-0.05, 0) is 32.1 Å². The molecule has 0 aromatic carbocycles. The van der Waals surface area contributed by atoms with Crippen molar-refractivity contribution in [3.8, 4) is 0 Å². The molecule has 0 amide bonds. The number of carbonyl (C=O) groups excluding carboxylic acids is 2. The Labute approximate surface area is 147 Å². The van der Waals surface area contributed by atoms with Gasteiger partial charge in [0.1, 0.15) is 0 Å². The molecule has 0 N–H and O–H groups in total. The van der Waals surface area contributed by atoms with Gasteiger partial charge >= 0.3 is 11.9 Å². The molecule has 0 unspecified atom stereocenters. The first-order valence-corrected chi connectivity index (χ1v) is 9.69. The molecule has 0 saturated carbocycles. The summed E-state index contributed by atoms with van der Waals surface area (Å²) < 4.78 is 10.8. The highest BCUT2D eigenvalue weighted by molar-refractivity contribution is 6.02. The molecule has 0 saturated heterocycles. The van der Waals surface area contributed by atoms with Crippen molar-refractivity contribution in [1.29, 1.82) is 0 Å². The molecule has 0 radical (unpaired) electrons. The number of unbranched alkanes of at least 4 members (excludes halogenated alkanes) is 6. The monoisotopic (exact) mass is 338 g/mol. The van der Waals surface area contributed by atoms with Crippen molar-refractivity contribution in [1.82, 2.24) is 0 Å². The van der Waals surface area contributed by atoms with Crippen molar-refractivity contribution in [3.63, 3.8) is 0 Å². The molecular weight excluding hydrogens is 304 g/mol. The summed E-state index contributed by atoms with van der Waals surface area (Å²) in [5.74, 6) is -0.873. The summed E-state index contributed by atoms with van der Waals surface area (Å²) in [4.78, 5) is 25.1. The second-order valence-corrected chi connectivity index (χ2v) is 6.66. The van der Waals surface area contributed by atoms with E-state index in [1.807, 2.05) is 6.08 Å². The number of esters is 2.